The Kier molecular flexibility index (Phi) is 4.59. The van der Waals surface area contributed by atoms with Crippen LogP contribution in [0.5, 0.6) is 0 Å². The van der Waals surface area contributed by atoms with Crippen LogP contribution in [0.4, 0.5) is 0 Å². The van der Waals surface area contributed by atoms with Crippen LogP contribution in [0.1, 0.15) is 19.8 Å². The van der Waals surface area contributed by atoms with Gasteiger partial charge in [0.15, 0.2) is 0 Å². The second-order valence-electron chi connectivity index (χ2n) is 4.67. The van der Waals surface area contributed by atoms with Gasteiger partial charge in [0.2, 0.25) is 0 Å². The van der Waals surface area contributed by atoms with Crippen LogP contribution in [0.2, 0.25) is 0 Å². The molecule has 1 unspecified atom stereocenters. The van der Waals surface area contributed by atoms with Crippen LogP contribution in [0.25, 0.3) is 10.8 Å². The molecule has 0 saturated carbocycles. The maximum absolute atomic E-state index is 12.3. The van der Waals surface area contributed by atoms with Gasteiger partial charge in [-0.1, -0.05) is 47.5 Å². The van der Waals surface area contributed by atoms with Crippen LogP contribution in [0.3, 0.4) is 0 Å². The molecular formula is C15H18BrNO. The number of hydrogen-bond donors (Lipinski definition) is 0. The lowest BCUT2D eigenvalue weighted by atomic mass is 10.1. The molecule has 0 radical (unpaired) electrons. The quantitative estimate of drug-likeness (QED) is 0.770. The zero-order chi connectivity index (χ0) is 13.0. The third-order valence-electron chi connectivity index (χ3n) is 3.26. The first kappa shape index (κ1) is 13.3. The number of aromatic nitrogens is 1. The lowest BCUT2D eigenvalue weighted by Crippen LogP contribution is -2.24. The second-order valence-corrected chi connectivity index (χ2v) is 5.32. The van der Waals surface area contributed by atoms with Gasteiger partial charge in [-0.3, -0.25) is 4.79 Å². The highest BCUT2D eigenvalue weighted by atomic mass is 79.9. The first-order valence-corrected chi connectivity index (χ1v) is 7.52. The van der Waals surface area contributed by atoms with Crippen LogP contribution in [0.15, 0.2) is 41.3 Å². The standard InChI is InChI=1S/C15H18BrNO/c1-2-5-12(10-16)11-17-9-8-13-6-3-4-7-14(13)15(17)18/h3-4,6-9,12H,2,5,10-11H2,1H3. The van der Waals surface area contributed by atoms with Crippen molar-refractivity contribution in [1.82, 2.24) is 4.57 Å². The molecule has 0 saturated heterocycles. The van der Waals surface area contributed by atoms with Gasteiger partial charge >= 0.3 is 0 Å². The van der Waals surface area contributed by atoms with E-state index in [0.29, 0.717) is 5.92 Å². The fraction of sp³-hybridized carbons (Fsp3) is 0.400. The molecule has 0 aliphatic rings. The summed E-state index contributed by atoms with van der Waals surface area (Å²) in [6, 6.07) is 9.78. The average Bonchev–Trinajstić information content (AvgIpc) is 2.41. The molecule has 1 aromatic heterocycles. The van der Waals surface area contributed by atoms with Crippen LogP contribution in [-0.4, -0.2) is 9.90 Å². The summed E-state index contributed by atoms with van der Waals surface area (Å²) in [4.78, 5) is 12.3. The number of halogens is 1. The molecule has 2 aromatic rings. The molecular weight excluding hydrogens is 290 g/mol. The number of benzene rings is 1. The largest absolute Gasteiger partial charge is 0.315 e. The Morgan fingerprint density at radius 1 is 1.28 bits per heavy atom. The molecule has 3 heteroatoms. The summed E-state index contributed by atoms with van der Waals surface area (Å²) in [6.07, 6.45) is 4.21. The first-order valence-electron chi connectivity index (χ1n) is 6.40. The van der Waals surface area contributed by atoms with E-state index in [0.717, 1.165) is 35.5 Å². The fourth-order valence-corrected chi connectivity index (χ4v) is 2.81. The summed E-state index contributed by atoms with van der Waals surface area (Å²) < 4.78 is 1.84. The van der Waals surface area contributed by atoms with E-state index in [4.69, 9.17) is 0 Å². The minimum absolute atomic E-state index is 0.121. The van der Waals surface area contributed by atoms with Crippen molar-refractivity contribution in [2.45, 2.75) is 26.3 Å². The predicted molar refractivity (Wildman–Crippen MR) is 80.4 cm³/mol. The number of hydrogen-bond acceptors (Lipinski definition) is 1. The number of fused-ring (bicyclic) bond motifs is 1. The van der Waals surface area contributed by atoms with E-state index in [1.807, 2.05) is 41.1 Å². The summed E-state index contributed by atoms with van der Waals surface area (Å²) in [6.45, 7) is 2.97. The van der Waals surface area contributed by atoms with Gasteiger partial charge in [0.25, 0.3) is 5.56 Å². The van der Waals surface area contributed by atoms with Crippen molar-refractivity contribution in [3.8, 4) is 0 Å². The Labute approximate surface area is 116 Å². The van der Waals surface area contributed by atoms with Gasteiger partial charge in [-0.25, -0.2) is 0 Å². The van der Waals surface area contributed by atoms with Crippen molar-refractivity contribution in [2.75, 3.05) is 5.33 Å². The molecule has 96 valence electrons. The van der Waals surface area contributed by atoms with Gasteiger partial charge in [-0.15, -0.1) is 0 Å². The number of alkyl halides is 1. The molecule has 0 spiro atoms. The van der Waals surface area contributed by atoms with Crippen molar-refractivity contribution in [1.29, 1.82) is 0 Å². The number of nitrogens with zero attached hydrogens (tertiary/aromatic N) is 1. The molecule has 0 N–H and O–H groups in total. The monoisotopic (exact) mass is 307 g/mol. The van der Waals surface area contributed by atoms with Gasteiger partial charge in [0, 0.05) is 23.5 Å². The lowest BCUT2D eigenvalue weighted by Gasteiger charge is -2.15. The molecule has 0 aliphatic carbocycles. The highest BCUT2D eigenvalue weighted by Gasteiger charge is 2.09. The SMILES string of the molecule is CCCC(CBr)Cn1ccc2ccccc2c1=O. The van der Waals surface area contributed by atoms with Crippen molar-refractivity contribution in [3.63, 3.8) is 0 Å². The number of pyridine rings is 1. The Morgan fingerprint density at radius 3 is 2.78 bits per heavy atom. The minimum atomic E-state index is 0.121. The highest BCUT2D eigenvalue weighted by molar-refractivity contribution is 9.09. The summed E-state index contributed by atoms with van der Waals surface area (Å²) in [5, 5.41) is 2.77. The van der Waals surface area contributed by atoms with Crippen molar-refractivity contribution < 1.29 is 0 Å². The predicted octanol–water partition coefficient (Wildman–Crippen LogP) is 3.81. The third-order valence-corrected chi connectivity index (χ3v) is 4.17. The van der Waals surface area contributed by atoms with E-state index >= 15 is 0 Å². The van der Waals surface area contributed by atoms with Crippen molar-refractivity contribution in [2.24, 2.45) is 5.92 Å². The molecule has 2 rings (SSSR count). The maximum Gasteiger partial charge on any atom is 0.258 e. The third kappa shape index (κ3) is 2.83. The number of rotatable bonds is 5. The van der Waals surface area contributed by atoms with E-state index in [2.05, 4.69) is 22.9 Å². The summed E-state index contributed by atoms with van der Waals surface area (Å²) in [7, 11) is 0. The molecule has 1 heterocycles. The van der Waals surface area contributed by atoms with Gasteiger partial charge in [-0.05, 0) is 29.9 Å². The topological polar surface area (TPSA) is 22.0 Å². The second kappa shape index (κ2) is 6.19. The fourth-order valence-electron chi connectivity index (χ4n) is 2.28. The molecule has 0 fully saturated rings. The van der Waals surface area contributed by atoms with E-state index in [-0.39, 0.29) is 5.56 Å². The molecule has 1 aromatic carbocycles. The van der Waals surface area contributed by atoms with Crippen LogP contribution < -0.4 is 5.56 Å². The normalized spacial score (nSPS) is 12.8. The average molecular weight is 308 g/mol. The lowest BCUT2D eigenvalue weighted by molar-refractivity contribution is 0.449. The van der Waals surface area contributed by atoms with E-state index < -0.39 is 0 Å². The Morgan fingerprint density at radius 2 is 2.06 bits per heavy atom. The summed E-state index contributed by atoms with van der Waals surface area (Å²) in [5.41, 5.74) is 0.121. The summed E-state index contributed by atoms with van der Waals surface area (Å²) in [5.74, 6) is 0.522. The van der Waals surface area contributed by atoms with Gasteiger partial charge in [0.1, 0.15) is 0 Å². The Hall–Kier alpha value is -1.09. The van der Waals surface area contributed by atoms with E-state index in [9.17, 15) is 4.79 Å². The molecule has 0 amide bonds. The Balaban J connectivity index is 2.34. The zero-order valence-corrected chi connectivity index (χ0v) is 12.2. The highest BCUT2D eigenvalue weighted by Crippen LogP contribution is 2.13. The van der Waals surface area contributed by atoms with Crippen molar-refractivity contribution >= 4 is 26.7 Å². The Bertz CT molecular complexity index is 576. The molecule has 0 bridgehead atoms. The maximum atomic E-state index is 12.3. The minimum Gasteiger partial charge on any atom is -0.315 e. The molecule has 2 nitrogen and oxygen atoms in total. The van der Waals surface area contributed by atoms with E-state index in [1.165, 1.54) is 0 Å². The van der Waals surface area contributed by atoms with Gasteiger partial charge in [-0.2, -0.15) is 0 Å². The molecule has 1 atom stereocenters. The zero-order valence-electron chi connectivity index (χ0n) is 10.6. The van der Waals surface area contributed by atoms with Gasteiger partial charge in [0.05, 0.1) is 0 Å². The van der Waals surface area contributed by atoms with Crippen molar-refractivity contribution in [3.05, 3.63) is 46.9 Å². The van der Waals surface area contributed by atoms with E-state index in [1.54, 1.807) is 0 Å². The van der Waals surface area contributed by atoms with Gasteiger partial charge < -0.3 is 4.57 Å². The van der Waals surface area contributed by atoms with Crippen LogP contribution in [-0.2, 0) is 6.54 Å². The smallest absolute Gasteiger partial charge is 0.258 e. The first-order chi connectivity index (χ1) is 8.76. The summed E-state index contributed by atoms with van der Waals surface area (Å²) >= 11 is 3.53. The van der Waals surface area contributed by atoms with Crippen LogP contribution >= 0.6 is 15.9 Å². The molecule has 0 aliphatic heterocycles. The van der Waals surface area contributed by atoms with Crippen LogP contribution in [0, 0.1) is 5.92 Å². The molecule has 18 heavy (non-hydrogen) atoms.